The van der Waals surface area contributed by atoms with Crippen LogP contribution in [0.15, 0.2) is 54.6 Å². The van der Waals surface area contributed by atoms with Crippen molar-refractivity contribution in [1.29, 1.82) is 0 Å². The first kappa shape index (κ1) is 17.2. The maximum Gasteiger partial charge on any atom is 0.227 e. The van der Waals surface area contributed by atoms with Gasteiger partial charge < -0.3 is 10.6 Å². The Morgan fingerprint density at radius 3 is 2.48 bits per heavy atom. The molecule has 0 bridgehead atoms. The smallest absolute Gasteiger partial charge is 0.227 e. The van der Waals surface area contributed by atoms with Crippen LogP contribution >= 0.6 is 0 Å². The molecule has 0 atom stereocenters. The Labute approximate surface area is 148 Å². The van der Waals surface area contributed by atoms with Gasteiger partial charge in [0.15, 0.2) is 0 Å². The summed E-state index contributed by atoms with van der Waals surface area (Å²) in [4.78, 5) is 23.8. The van der Waals surface area contributed by atoms with E-state index in [1.54, 1.807) is 0 Å². The molecule has 4 nitrogen and oxygen atoms in total. The van der Waals surface area contributed by atoms with E-state index in [2.05, 4.69) is 22.8 Å². The number of anilines is 1. The van der Waals surface area contributed by atoms with Crippen molar-refractivity contribution in [2.75, 3.05) is 5.32 Å². The van der Waals surface area contributed by atoms with Gasteiger partial charge in [0.1, 0.15) is 0 Å². The number of benzene rings is 2. The summed E-state index contributed by atoms with van der Waals surface area (Å²) in [7, 11) is 0. The van der Waals surface area contributed by atoms with Crippen molar-refractivity contribution in [1.82, 2.24) is 5.32 Å². The van der Waals surface area contributed by atoms with Crippen molar-refractivity contribution in [3.63, 3.8) is 0 Å². The molecular weight excluding hydrogens is 312 g/mol. The fourth-order valence-corrected chi connectivity index (χ4v) is 2.74. The third kappa shape index (κ3) is 5.75. The van der Waals surface area contributed by atoms with Crippen LogP contribution in [0.5, 0.6) is 0 Å². The Balaban J connectivity index is 1.40. The molecule has 1 aliphatic rings. The van der Waals surface area contributed by atoms with E-state index >= 15 is 0 Å². The first-order valence-corrected chi connectivity index (χ1v) is 8.91. The van der Waals surface area contributed by atoms with E-state index in [1.165, 1.54) is 5.56 Å². The molecule has 2 amide bonds. The molecule has 25 heavy (non-hydrogen) atoms. The number of hydrogen-bond donors (Lipinski definition) is 2. The Kier molecular flexibility index (Phi) is 5.83. The highest BCUT2D eigenvalue weighted by molar-refractivity contribution is 5.94. The number of carbonyl (C=O) groups is 2. The third-order valence-electron chi connectivity index (χ3n) is 4.34. The predicted octanol–water partition coefficient (Wildman–Crippen LogP) is 3.67. The summed E-state index contributed by atoms with van der Waals surface area (Å²) < 4.78 is 0. The molecule has 0 heterocycles. The predicted molar refractivity (Wildman–Crippen MR) is 99.0 cm³/mol. The second kappa shape index (κ2) is 8.47. The summed E-state index contributed by atoms with van der Waals surface area (Å²) >= 11 is 0. The van der Waals surface area contributed by atoms with E-state index in [0.717, 1.165) is 36.9 Å². The maximum atomic E-state index is 12.0. The number of hydrogen-bond acceptors (Lipinski definition) is 2. The van der Waals surface area contributed by atoms with Gasteiger partial charge in [0.05, 0.1) is 0 Å². The Morgan fingerprint density at radius 2 is 1.72 bits per heavy atom. The zero-order valence-electron chi connectivity index (χ0n) is 14.3. The van der Waals surface area contributed by atoms with Crippen LogP contribution in [0.3, 0.4) is 0 Å². The second-order valence-corrected chi connectivity index (χ2v) is 6.58. The van der Waals surface area contributed by atoms with Gasteiger partial charge in [0.25, 0.3) is 0 Å². The van der Waals surface area contributed by atoms with Crippen molar-refractivity contribution in [2.24, 2.45) is 5.92 Å². The van der Waals surface area contributed by atoms with Crippen LogP contribution in [-0.2, 0) is 22.6 Å². The molecule has 0 aliphatic heterocycles. The van der Waals surface area contributed by atoms with E-state index in [0.29, 0.717) is 13.0 Å². The minimum atomic E-state index is 0.0587. The number of rotatable bonds is 8. The Hall–Kier alpha value is -2.62. The van der Waals surface area contributed by atoms with Crippen LogP contribution in [0.1, 0.15) is 36.8 Å². The largest absolute Gasteiger partial charge is 0.352 e. The van der Waals surface area contributed by atoms with Gasteiger partial charge in [-0.15, -0.1) is 0 Å². The van der Waals surface area contributed by atoms with Crippen molar-refractivity contribution in [2.45, 2.75) is 38.6 Å². The monoisotopic (exact) mass is 336 g/mol. The third-order valence-corrected chi connectivity index (χ3v) is 4.34. The Morgan fingerprint density at radius 1 is 0.960 bits per heavy atom. The minimum absolute atomic E-state index is 0.0587. The van der Waals surface area contributed by atoms with E-state index in [4.69, 9.17) is 0 Å². The van der Waals surface area contributed by atoms with Crippen LogP contribution in [0.25, 0.3) is 0 Å². The lowest BCUT2D eigenvalue weighted by molar-refractivity contribution is -0.121. The quantitative estimate of drug-likeness (QED) is 0.773. The van der Waals surface area contributed by atoms with Gasteiger partial charge >= 0.3 is 0 Å². The zero-order valence-corrected chi connectivity index (χ0v) is 14.3. The van der Waals surface area contributed by atoms with Crippen LogP contribution in [-0.4, -0.2) is 11.8 Å². The number of aryl methyl sites for hydroxylation is 1. The van der Waals surface area contributed by atoms with Gasteiger partial charge in [-0.1, -0.05) is 42.5 Å². The van der Waals surface area contributed by atoms with Gasteiger partial charge in [0, 0.05) is 24.6 Å². The summed E-state index contributed by atoms with van der Waals surface area (Å²) in [6.45, 7) is 0.483. The molecule has 4 heteroatoms. The van der Waals surface area contributed by atoms with Crippen molar-refractivity contribution in [3.8, 4) is 0 Å². The van der Waals surface area contributed by atoms with E-state index in [9.17, 15) is 9.59 Å². The maximum absolute atomic E-state index is 12.0. The van der Waals surface area contributed by atoms with E-state index in [1.807, 2.05) is 42.5 Å². The molecule has 3 rings (SSSR count). The molecule has 0 spiro atoms. The molecule has 0 unspecified atom stereocenters. The molecule has 2 N–H and O–H groups in total. The molecule has 0 saturated heterocycles. The van der Waals surface area contributed by atoms with Gasteiger partial charge in [0.2, 0.25) is 11.8 Å². The molecule has 0 radical (unpaired) electrons. The topological polar surface area (TPSA) is 58.2 Å². The lowest BCUT2D eigenvalue weighted by Crippen LogP contribution is -2.22. The average Bonchev–Trinajstić information content (AvgIpc) is 3.46. The average molecular weight is 336 g/mol. The van der Waals surface area contributed by atoms with Gasteiger partial charge in [-0.05, 0) is 48.9 Å². The number of amides is 2. The number of nitrogens with one attached hydrogen (secondary N) is 2. The normalized spacial score (nSPS) is 13.3. The van der Waals surface area contributed by atoms with Crippen LogP contribution in [0.4, 0.5) is 5.69 Å². The molecule has 1 fully saturated rings. The molecular formula is C21H24N2O2. The lowest BCUT2D eigenvalue weighted by atomic mass is 10.1. The summed E-state index contributed by atoms with van der Waals surface area (Å²) in [6, 6.07) is 17.9. The van der Waals surface area contributed by atoms with Gasteiger partial charge in [-0.25, -0.2) is 0 Å². The minimum Gasteiger partial charge on any atom is -0.352 e. The van der Waals surface area contributed by atoms with Gasteiger partial charge in [-0.3, -0.25) is 9.59 Å². The standard InChI is InChI=1S/C21H24N2O2/c24-20(11-5-8-16-6-2-1-3-7-16)22-15-17-9-4-10-19(14-17)23-21(25)18-12-13-18/h1-4,6-7,9-10,14,18H,5,8,11-13,15H2,(H,22,24)(H,23,25). The lowest BCUT2D eigenvalue weighted by Gasteiger charge is -2.08. The summed E-state index contributed by atoms with van der Waals surface area (Å²) in [5.74, 6) is 0.346. The summed E-state index contributed by atoms with van der Waals surface area (Å²) in [6.07, 6.45) is 4.26. The summed E-state index contributed by atoms with van der Waals surface area (Å²) in [5.41, 5.74) is 3.05. The van der Waals surface area contributed by atoms with E-state index < -0.39 is 0 Å². The molecule has 2 aromatic carbocycles. The van der Waals surface area contributed by atoms with Crippen LogP contribution in [0.2, 0.25) is 0 Å². The highest BCUT2D eigenvalue weighted by atomic mass is 16.2. The van der Waals surface area contributed by atoms with Crippen molar-refractivity contribution >= 4 is 17.5 Å². The van der Waals surface area contributed by atoms with Gasteiger partial charge in [-0.2, -0.15) is 0 Å². The van der Waals surface area contributed by atoms with Crippen LogP contribution in [0, 0.1) is 5.92 Å². The Bertz CT molecular complexity index is 724. The van der Waals surface area contributed by atoms with Crippen LogP contribution < -0.4 is 10.6 Å². The summed E-state index contributed by atoms with van der Waals surface area (Å²) in [5, 5.41) is 5.88. The first-order valence-electron chi connectivity index (χ1n) is 8.91. The fraction of sp³-hybridized carbons (Fsp3) is 0.333. The highest BCUT2D eigenvalue weighted by Gasteiger charge is 2.29. The number of carbonyl (C=O) groups excluding carboxylic acids is 2. The highest BCUT2D eigenvalue weighted by Crippen LogP contribution is 2.30. The second-order valence-electron chi connectivity index (χ2n) is 6.58. The molecule has 0 aromatic heterocycles. The van der Waals surface area contributed by atoms with Crippen molar-refractivity contribution < 1.29 is 9.59 Å². The fourth-order valence-electron chi connectivity index (χ4n) is 2.74. The molecule has 130 valence electrons. The molecule has 2 aromatic rings. The SMILES string of the molecule is O=C(CCCc1ccccc1)NCc1cccc(NC(=O)C2CC2)c1. The van der Waals surface area contributed by atoms with Crippen molar-refractivity contribution in [3.05, 3.63) is 65.7 Å². The molecule has 1 saturated carbocycles. The molecule has 1 aliphatic carbocycles. The first-order chi connectivity index (χ1) is 12.2. The van der Waals surface area contributed by atoms with E-state index in [-0.39, 0.29) is 17.7 Å². The zero-order chi connectivity index (χ0) is 17.5.